The molecule has 48 valence electrons. The van der Waals surface area contributed by atoms with Gasteiger partial charge in [0.1, 0.15) is 13.5 Å². The molecule has 1 fully saturated rings. The summed E-state index contributed by atoms with van der Waals surface area (Å²) >= 11 is 0. The maximum absolute atomic E-state index is 5.15. The van der Waals surface area contributed by atoms with E-state index in [0.29, 0.717) is 0 Å². The second kappa shape index (κ2) is 2.44. The molecule has 0 aromatic heterocycles. The minimum absolute atomic E-state index is 0.768. The molecule has 0 aromatic rings. The van der Waals surface area contributed by atoms with E-state index in [1.54, 1.807) is 0 Å². The number of nitrogens with zero attached hydrogens (tertiary/aromatic N) is 2. The molecule has 8 heavy (non-hydrogen) atoms. The van der Waals surface area contributed by atoms with Crippen molar-refractivity contribution in [3.05, 3.63) is 0 Å². The Morgan fingerprint density at radius 2 is 1.62 bits per heavy atom. The van der Waals surface area contributed by atoms with Gasteiger partial charge in [0.05, 0.1) is 6.67 Å². The zero-order valence-corrected chi connectivity index (χ0v) is 5.42. The van der Waals surface area contributed by atoms with Crippen molar-refractivity contribution in [2.45, 2.75) is 0 Å². The van der Waals surface area contributed by atoms with Gasteiger partial charge in [-0.15, -0.1) is 0 Å². The van der Waals surface area contributed by atoms with Crippen molar-refractivity contribution in [2.24, 2.45) is 0 Å². The van der Waals surface area contributed by atoms with E-state index in [1.807, 2.05) is 14.1 Å². The fourth-order valence-corrected chi connectivity index (χ4v) is 0.846. The summed E-state index contributed by atoms with van der Waals surface area (Å²) in [7, 11) is 4.07. The van der Waals surface area contributed by atoms with Gasteiger partial charge in [0, 0.05) is 0 Å². The zero-order chi connectivity index (χ0) is 5.98. The van der Waals surface area contributed by atoms with Gasteiger partial charge in [-0.05, 0) is 14.1 Å². The first-order valence-corrected chi connectivity index (χ1v) is 2.74. The van der Waals surface area contributed by atoms with E-state index in [1.165, 1.54) is 0 Å². The van der Waals surface area contributed by atoms with E-state index in [-0.39, 0.29) is 0 Å². The number of hydrogen-bond acceptors (Lipinski definition) is 3. The van der Waals surface area contributed by atoms with Crippen molar-refractivity contribution in [1.29, 1.82) is 0 Å². The number of hydrogen-bond donors (Lipinski definition) is 0. The Morgan fingerprint density at radius 3 is 1.88 bits per heavy atom. The van der Waals surface area contributed by atoms with Crippen LogP contribution in [-0.2, 0) is 4.74 Å². The van der Waals surface area contributed by atoms with Crippen LogP contribution in [0.3, 0.4) is 0 Å². The second-order valence-corrected chi connectivity index (χ2v) is 2.32. The van der Waals surface area contributed by atoms with E-state index >= 15 is 0 Å². The molecule has 0 bridgehead atoms. The molecular formula is C5H12N2O. The minimum atomic E-state index is 0.768. The lowest BCUT2D eigenvalue weighted by atomic mass is 10.7. The van der Waals surface area contributed by atoms with Crippen LogP contribution in [-0.4, -0.2) is 44.0 Å². The predicted octanol–water partition coefficient (Wildman–Crippen LogP) is -0.247. The van der Waals surface area contributed by atoms with Gasteiger partial charge in [0.25, 0.3) is 0 Å². The normalized spacial score (nSPS) is 26.2. The molecule has 0 unspecified atom stereocenters. The van der Waals surface area contributed by atoms with E-state index < -0.39 is 0 Å². The molecule has 0 saturated carbocycles. The SMILES string of the molecule is CN1COCN(C)C1. The van der Waals surface area contributed by atoms with Gasteiger partial charge in [-0.1, -0.05) is 0 Å². The van der Waals surface area contributed by atoms with Gasteiger partial charge in [-0.3, -0.25) is 9.80 Å². The van der Waals surface area contributed by atoms with E-state index in [9.17, 15) is 0 Å². The van der Waals surface area contributed by atoms with Gasteiger partial charge in [0.15, 0.2) is 0 Å². The van der Waals surface area contributed by atoms with Crippen molar-refractivity contribution in [3.63, 3.8) is 0 Å². The molecule has 0 radical (unpaired) electrons. The molecule has 3 nitrogen and oxygen atoms in total. The average molecular weight is 116 g/mol. The summed E-state index contributed by atoms with van der Waals surface area (Å²) in [5.41, 5.74) is 0. The van der Waals surface area contributed by atoms with E-state index in [0.717, 1.165) is 20.1 Å². The first-order chi connectivity index (χ1) is 3.79. The zero-order valence-electron chi connectivity index (χ0n) is 5.42. The molecule has 1 rings (SSSR count). The molecule has 0 amide bonds. The maximum Gasteiger partial charge on any atom is 0.102 e. The Labute approximate surface area is 49.8 Å². The highest BCUT2D eigenvalue weighted by Gasteiger charge is 2.08. The van der Waals surface area contributed by atoms with Crippen LogP contribution in [0.2, 0.25) is 0 Å². The lowest BCUT2D eigenvalue weighted by Gasteiger charge is -2.29. The van der Waals surface area contributed by atoms with E-state index in [2.05, 4.69) is 9.80 Å². The third-order valence-corrected chi connectivity index (χ3v) is 1.11. The summed E-state index contributed by atoms with van der Waals surface area (Å²) in [4.78, 5) is 4.23. The van der Waals surface area contributed by atoms with Crippen LogP contribution in [0.5, 0.6) is 0 Å². The van der Waals surface area contributed by atoms with Crippen LogP contribution in [0.15, 0.2) is 0 Å². The second-order valence-electron chi connectivity index (χ2n) is 2.32. The summed E-state index contributed by atoms with van der Waals surface area (Å²) in [6.45, 7) is 2.55. The predicted molar refractivity (Wildman–Crippen MR) is 31.2 cm³/mol. The van der Waals surface area contributed by atoms with Crippen molar-refractivity contribution in [2.75, 3.05) is 34.2 Å². The first kappa shape index (κ1) is 6.01. The monoisotopic (exact) mass is 116 g/mol. The topological polar surface area (TPSA) is 15.7 Å². The van der Waals surface area contributed by atoms with Gasteiger partial charge >= 0.3 is 0 Å². The lowest BCUT2D eigenvalue weighted by molar-refractivity contribution is -0.0898. The van der Waals surface area contributed by atoms with Gasteiger partial charge in [0.2, 0.25) is 0 Å². The van der Waals surface area contributed by atoms with Crippen molar-refractivity contribution < 1.29 is 4.74 Å². The highest BCUT2D eigenvalue weighted by Crippen LogP contribution is 1.95. The fourth-order valence-electron chi connectivity index (χ4n) is 0.846. The van der Waals surface area contributed by atoms with E-state index in [4.69, 9.17) is 4.74 Å². The molecule has 1 saturated heterocycles. The van der Waals surface area contributed by atoms with Gasteiger partial charge in [-0.25, -0.2) is 0 Å². The van der Waals surface area contributed by atoms with Crippen molar-refractivity contribution >= 4 is 0 Å². The molecule has 1 aliphatic rings. The minimum Gasteiger partial charge on any atom is -0.351 e. The first-order valence-electron chi connectivity index (χ1n) is 2.74. The summed E-state index contributed by atoms with van der Waals surface area (Å²) in [5, 5.41) is 0. The van der Waals surface area contributed by atoms with Crippen LogP contribution in [0.4, 0.5) is 0 Å². The molecule has 0 atom stereocenters. The number of ether oxygens (including phenoxy) is 1. The molecule has 0 spiro atoms. The smallest absolute Gasteiger partial charge is 0.102 e. The number of rotatable bonds is 0. The molecular weight excluding hydrogens is 104 g/mol. The summed E-state index contributed by atoms with van der Waals surface area (Å²) in [6.07, 6.45) is 0. The Balaban J connectivity index is 2.23. The Morgan fingerprint density at radius 1 is 1.12 bits per heavy atom. The Kier molecular flexibility index (Phi) is 1.83. The molecule has 0 N–H and O–H groups in total. The molecule has 0 aromatic carbocycles. The highest BCUT2D eigenvalue weighted by atomic mass is 16.5. The average Bonchev–Trinajstić information content (AvgIpc) is 1.64. The quantitative estimate of drug-likeness (QED) is 0.434. The van der Waals surface area contributed by atoms with Crippen LogP contribution >= 0.6 is 0 Å². The standard InChI is InChI=1S/C5H12N2O/c1-6-3-7(2)5-8-4-6/h3-5H2,1-2H3. The summed E-state index contributed by atoms with van der Waals surface area (Å²) < 4.78 is 5.15. The summed E-state index contributed by atoms with van der Waals surface area (Å²) in [6, 6.07) is 0. The van der Waals surface area contributed by atoms with Crippen molar-refractivity contribution in [1.82, 2.24) is 9.80 Å². The third kappa shape index (κ3) is 1.43. The van der Waals surface area contributed by atoms with Crippen LogP contribution in [0.25, 0.3) is 0 Å². The Hall–Kier alpha value is -0.120. The Bertz CT molecular complexity index is 68.8. The highest BCUT2D eigenvalue weighted by molar-refractivity contribution is 4.48. The van der Waals surface area contributed by atoms with Gasteiger partial charge in [-0.2, -0.15) is 0 Å². The molecule has 0 aliphatic carbocycles. The van der Waals surface area contributed by atoms with Crippen molar-refractivity contribution in [3.8, 4) is 0 Å². The summed E-state index contributed by atoms with van der Waals surface area (Å²) in [5.74, 6) is 0. The molecule has 1 aliphatic heterocycles. The molecule has 3 heteroatoms. The maximum atomic E-state index is 5.15. The lowest BCUT2D eigenvalue weighted by Crippen LogP contribution is -2.41. The van der Waals surface area contributed by atoms with Crippen LogP contribution in [0, 0.1) is 0 Å². The molecule has 1 heterocycles. The van der Waals surface area contributed by atoms with Crippen LogP contribution < -0.4 is 0 Å². The van der Waals surface area contributed by atoms with Crippen LogP contribution in [0.1, 0.15) is 0 Å². The third-order valence-electron chi connectivity index (χ3n) is 1.11. The largest absolute Gasteiger partial charge is 0.351 e. The fraction of sp³-hybridized carbons (Fsp3) is 1.00. The van der Waals surface area contributed by atoms with Gasteiger partial charge < -0.3 is 4.74 Å².